The third kappa shape index (κ3) is 7.11. The summed E-state index contributed by atoms with van der Waals surface area (Å²) in [7, 11) is 4.76. The molecule has 0 radical (unpaired) electrons. The number of halogens is 1. The van der Waals surface area contributed by atoms with Crippen molar-refractivity contribution >= 4 is 39.9 Å². The zero-order chi connectivity index (χ0) is 28.1. The standard InChI is InChI=1S/C26H26ClN5O6S/c1-14(13-35-5)36-19-10-17(23(33)29-26-28-21(22(27)39-26)25(34)32(3)4)11-20(12-19)38-18-8-6-16(7-9-18)24-31-30-15(2)37-24/h6-12,14H,13H2,1-5H3,(H,28,29,33). The van der Waals surface area contributed by atoms with Gasteiger partial charge in [0.05, 0.1) is 6.61 Å². The van der Waals surface area contributed by atoms with Crippen LogP contribution in [0.2, 0.25) is 4.34 Å². The molecule has 0 aliphatic heterocycles. The highest BCUT2D eigenvalue weighted by Gasteiger charge is 2.21. The number of anilines is 1. The largest absolute Gasteiger partial charge is 0.488 e. The van der Waals surface area contributed by atoms with Gasteiger partial charge in [-0.2, -0.15) is 0 Å². The Kier molecular flexibility index (Phi) is 8.79. The number of amides is 2. The number of methoxy groups -OCH3 is 1. The fourth-order valence-electron chi connectivity index (χ4n) is 3.41. The molecule has 2 heterocycles. The SMILES string of the molecule is COCC(C)Oc1cc(Oc2ccc(-c3nnc(C)o3)cc2)cc(C(=O)Nc2nc(C(=O)N(C)C)c(Cl)s2)c1. The summed E-state index contributed by atoms with van der Waals surface area (Å²) in [6, 6.07) is 11.9. The summed E-state index contributed by atoms with van der Waals surface area (Å²) < 4.78 is 22.8. The van der Waals surface area contributed by atoms with Crippen molar-refractivity contribution in [1.82, 2.24) is 20.1 Å². The predicted octanol–water partition coefficient (Wildman–Crippen LogP) is 5.32. The molecule has 0 saturated carbocycles. The van der Waals surface area contributed by atoms with E-state index in [-0.39, 0.29) is 32.7 Å². The van der Waals surface area contributed by atoms with Gasteiger partial charge < -0.3 is 23.5 Å². The van der Waals surface area contributed by atoms with Crippen LogP contribution in [-0.4, -0.2) is 65.8 Å². The molecule has 13 heteroatoms. The lowest BCUT2D eigenvalue weighted by Gasteiger charge is -2.16. The molecule has 1 unspecified atom stereocenters. The fourth-order valence-corrected chi connectivity index (χ4v) is 4.44. The summed E-state index contributed by atoms with van der Waals surface area (Å²) in [6.07, 6.45) is -0.282. The molecule has 4 rings (SSSR count). The number of carbonyl (C=O) groups excluding carboxylic acids is 2. The first-order chi connectivity index (χ1) is 18.6. The number of rotatable bonds is 10. The monoisotopic (exact) mass is 571 g/mol. The number of hydrogen-bond donors (Lipinski definition) is 1. The first-order valence-corrected chi connectivity index (χ1v) is 12.9. The minimum absolute atomic E-state index is 0.0654. The molecule has 0 bridgehead atoms. The maximum Gasteiger partial charge on any atom is 0.274 e. The van der Waals surface area contributed by atoms with Gasteiger partial charge in [0.25, 0.3) is 11.8 Å². The lowest BCUT2D eigenvalue weighted by molar-refractivity contribution is 0.0822. The first-order valence-electron chi connectivity index (χ1n) is 11.7. The summed E-state index contributed by atoms with van der Waals surface area (Å²) in [4.78, 5) is 31.0. The summed E-state index contributed by atoms with van der Waals surface area (Å²) >= 11 is 7.18. The number of nitrogens with one attached hydrogen (secondary N) is 1. The molecule has 2 amide bonds. The van der Waals surface area contributed by atoms with Crippen molar-refractivity contribution in [2.45, 2.75) is 20.0 Å². The van der Waals surface area contributed by atoms with E-state index < -0.39 is 5.91 Å². The van der Waals surface area contributed by atoms with E-state index in [2.05, 4.69) is 20.5 Å². The highest BCUT2D eigenvalue weighted by Crippen LogP contribution is 2.32. The molecule has 0 aliphatic carbocycles. The van der Waals surface area contributed by atoms with Crippen molar-refractivity contribution in [2.24, 2.45) is 0 Å². The van der Waals surface area contributed by atoms with Gasteiger partial charge in [-0.05, 0) is 43.3 Å². The number of nitrogens with zero attached hydrogens (tertiary/aromatic N) is 4. The Morgan fingerprint density at radius 3 is 2.46 bits per heavy atom. The Hall–Kier alpha value is -4.00. The Labute approximate surface area is 233 Å². The number of ether oxygens (including phenoxy) is 3. The van der Waals surface area contributed by atoms with E-state index >= 15 is 0 Å². The fraction of sp³-hybridized carbons (Fsp3) is 0.269. The summed E-state index contributed by atoms with van der Waals surface area (Å²) in [5.74, 6) is 1.30. The zero-order valence-electron chi connectivity index (χ0n) is 21.9. The molecular formula is C26H26ClN5O6S. The van der Waals surface area contributed by atoms with Gasteiger partial charge in [0, 0.05) is 45.3 Å². The number of carbonyl (C=O) groups is 2. The summed E-state index contributed by atoms with van der Waals surface area (Å²) in [5.41, 5.74) is 1.05. The summed E-state index contributed by atoms with van der Waals surface area (Å²) in [6.45, 7) is 3.91. The Morgan fingerprint density at radius 1 is 1.10 bits per heavy atom. The smallest absolute Gasteiger partial charge is 0.274 e. The Morgan fingerprint density at radius 2 is 1.82 bits per heavy atom. The van der Waals surface area contributed by atoms with E-state index in [1.807, 2.05) is 6.92 Å². The van der Waals surface area contributed by atoms with E-state index in [1.165, 1.54) is 4.90 Å². The van der Waals surface area contributed by atoms with Gasteiger partial charge in [0.1, 0.15) is 27.7 Å². The molecule has 0 aliphatic rings. The number of aromatic nitrogens is 3. The van der Waals surface area contributed by atoms with Gasteiger partial charge in [-0.15, -0.1) is 10.2 Å². The van der Waals surface area contributed by atoms with Gasteiger partial charge in [-0.1, -0.05) is 22.9 Å². The van der Waals surface area contributed by atoms with Gasteiger partial charge in [-0.25, -0.2) is 4.98 Å². The normalized spacial score (nSPS) is 11.6. The maximum absolute atomic E-state index is 13.2. The zero-order valence-corrected chi connectivity index (χ0v) is 23.4. The average Bonchev–Trinajstić information content (AvgIpc) is 3.48. The van der Waals surface area contributed by atoms with Crippen molar-refractivity contribution in [3.8, 4) is 28.7 Å². The molecule has 2 aromatic carbocycles. The van der Waals surface area contributed by atoms with Gasteiger partial charge in [-0.3, -0.25) is 14.9 Å². The van der Waals surface area contributed by atoms with E-state index in [4.69, 9.17) is 30.2 Å². The third-order valence-corrected chi connectivity index (χ3v) is 6.33. The van der Waals surface area contributed by atoms with Crippen LogP contribution in [0.3, 0.4) is 0 Å². The number of hydrogen-bond acceptors (Lipinski definition) is 10. The number of thiazole rings is 1. The molecule has 0 spiro atoms. The second kappa shape index (κ2) is 12.2. The van der Waals surface area contributed by atoms with Gasteiger partial charge >= 0.3 is 0 Å². The molecular weight excluding hydrogens is 546 g/mol. The molecule has 2 aromatic heterocycles. The van der Waals surface area contributed by atoms with E-state index in [0.29, 0.717) is 35.6 Å². The van der Waals surface area contributed by atoms with Crippen LogP contribution >= 0.6 is 22.9 Å². The molecule has 0 saturated heterocycles. The minimum Gasteiger partial charge on any atom is -0.488 e. The molecule has 204 valence electrons. The van der Waals surface area contributed by atoms with Crippen molar-refractivity contribution in [3.05, 3.63) is 63.9 Å². The molecule has 1 N–H and O–H groups in total. The van der Waals surface area contributed by atoms with E-state index in [9.17, 15) is 9.59 Å². The quantitative estimate of drug-likeness (QED) is 0.269. The summed E-state index contributed by atoms with van der Waals surface area (Å²) in [5, 5.41) is 10.7. The molecule has 1 atom stereocenters. The molecule has 4 aromatic rings. The van der Waals surface area contributed by atoms with Crippen LogP contribution in [0.1, 0.15) is 33.7 Å². The van der Waals surface area contributed by atoms with Crippen molar-refractivity contribution < 1.29 is 28.2 Å². The lowest BCUT2D eigenvalue weighted by atomic mass is 10.1. The van der Waals surface area contributed by atoms with Crippen molar-refractivity contribution in [2.75, 3.05) is 33.1 Å². The van der Waals surface area contributed by atoms with Gasteiger partial charge in [0.2, 0.25) is 11.8 Å². The van der Waals surface area contributed by atoms with E-state index in [1.54, 1.807) is 70.6 Å². The number of aryl methyl sites for hydroxylation is 1. The van der Waals surface area contributed by atoms with Crippen LogP contribution in [0.4, 0.5) is 5.13 Å². The van der Waals surface area contributed by atoms with Crippen LogP contribution in [0.25, 0.3) is 11.5 Å². The number of benzene rings is 2. The van der Waals surface area contributed by atoms with Crippen LogP contribution in [0.5, 0.6) is 17.2 Å². The minimum atomic E-state index is -0.485. The molecule has 0 fully saturated rings. The van der Waals surface area contributed by atoms with Crippen LogP contribution in [0.15, 0.2) is 46.9 Å². The predicted molar refractivity (Wildman–Crippen MR) is 146 cm³/mol. The topological polar surface area (TPSA) is 129 Å². The second-order valence-corrected chi connectivity index (χ2v) is 10.2. The Bertz CT molecular complexity index is 1470. The lowest BCUT2D eigenvalue weighted by Crippen LogP contribution is -2.22. The highest BCUT2D eigenvalue weighted by atomic mass is 35.5. The van der Waals surface area contributed by atoms with Crippen LogP contribution in [-0.2, 0) is 4.74 Å². The average molecular weight is 572 g/mol. The highest BCUT2D eigenvalue weighted by molar-refractivity contribution is 7.20. The maximum atomic E-state index is 13.2. The second-order valence-electron chi connectivity index (χ2n) is 8.62. The van der Waals surface area contributed by atoms with Gasteiger partial charge in [0.15, 0.2) is 10.8 Å². The molecule has 11 nitrogen and oxygen atoms in total. The van der Waals surface area contributed by atoms with Crippen LogP contribution < -0.4 is 14.8 Å². The van der Waals surface area contributed by atoms with E-state index in [0.717, 1.165) is 16.9 Å². The molecule has 39 heavy (non-hydrogen) atoms. The third-order valence-electron chi connectivity index (χ3n) is 5.16. The first kappa shape index (κ1) is 28.0. The van der Waals surface area contributed by atoms with Crippen LogP contribution in [0, 0.1) is 6.92 Å². The van der Waals surface area contributed by atoms with Crippen molar-refractivity contribution in [3.63, 3.8) is 0 Å². The van der Waals surface area contributed by atoms with Crippen molar-refractivity contribution in [1.29, 1.82) is 0 Å². The Balaban J connectivity index is 1.57.